The summed E-state index contributed by atoms with van der Waals surface area (Å²) in [7, 11) is 1.20. The van der Waals surface area contributed by atoms with Crippen LogP contribution in [0.1, 0.15) is 41.9 Å². The summed E-state index contributed by atoms with van der Waals surface area (Å²) in [4.78, 5) is 38.3. The Kier molecular flexibility index (Phi) is 5.92. The molecular formula is C22H21F3N6O4. The summed E-state index contributed by atoms with van der Waals surface area (Å²) in [5.74, 6) is -1.62. The van der Waals surface area contributed by atoms with Gasteiger partial charge in [-0.15, -0.1) is 0 Å². The second kappa shape index (κ2) is 8.61. The summed E-state index contributed by atoms with van der Waals surface area (Å²) >= 11 is 0. The van der Waals surface area contributed by atoms with Crippen LogP contribution in [0.5, 0.6) is 0 Å². The molecule has 2 N–H and O–H groups in total. The van der Waals surface area contributed by atoms with Gasteiger partial charge in [0.1, 0.15) is 11.1 Å². The van der Waals surface area contributed by atoms with E-state index in [0.717, 1.165) is 0 Å². The van der Waals surface area contributed by atoms with Crippen LogP contribution in [0, 0.1) is 16.7 Å². The lowest BCUT2D eigenvalue weighted by atomic mass is 10.0. The third kappa shape index (κ3) is 4.27. The summed E-state index contributed by atoms with van der Waals surface area (Å²) in [5.41, 5.74) is -1.63. The third-order valence-electron chi connectivity index (χ3n) is 6.14. The fraction of sp³-hybridized carbons (Fsp3) is 0.409. The Morgan fingerprint density at radius 3 is 2.63 bits per heavy atom. The Morgan fingerprint density at radius 2 is 2.03 bits per heavy atom. The van der Waals surface area contributed by atoms with E-state index in [4.69, 9.17) is 0 Å². The van der Waals surface area contributed by atoms with Crippen LogP contribution in [0.3, 0.4) is 0 Å². The van der Waals surface area contributed by atoms with Gasteiger partial charge in [-0.25, -0.2) is 4.79 Å². The van der Waals surface area contributed by atoms with Gasteiger partial charge in [-0.2, -0.15) is 23.5 Å². The van der Waals surface area contributed by atoms with E-state index in [9.17, 15) is 32.8 Å². The van der Waals surface area contributed by atoms with Crippen molar-refractivity contribution in [3.63, 3.8) is 0 Å². The number of nitrogens with one attached hydrogen (secondary N) is 2. The molecule has 1 aliphatic carbocycles. The number of hydrogen-bond acceptors (Lipinski definition) is 6. The number of fused-ring (bicyclic) bond motifs is 1. The minimum Gasteiger partial charge on any atom is -0.453 e. The van der Waals surface area contributed by atoms with Gasteiger partial charge in [-0.3, -0.25) is 14.3 Å². The van der Waals surface area contributed by atoms with Crippen LogP contribution >= 0.6 is 0 Å². The van der Waals surface area contributed by atoms with Crippen LogP contribution in [0.4, 0.5) is 23.7 Å². The van der Waals surface area contributed by atoms with Crippen LogP contribution < -0.4 is 10.6 Å². The number of methoxy groups -OCH3 is 1. The van der Waals surface area contributed by atoms with E-state index in [0.29, 0.717) is 0 Å². The molecule has 13 heteroatoms. The first-order chi connectivity index (χ1) is 16.5. The van der Waals surface area contributed by atoms with Gasteiger partial charge in [-0.1, -0.05) is 0 Å². The van der Waals surface area contributed by atoms with E-state index in [1.807, 2.05) is 6.07 Å². The summed E-state index contributed by atoms with van der Waals surface area (Å²) in [6.07, 6.45) is -6.01. The number of halogens is 3. The molecule has 184 valence electrons. The Balaban J connectivity index is 1.66. The van der Waals surface area contributed by atoms with Crippen molar-refractivity contribution in [2.24, 2.45) is 5.41 Å². The lowest BCUT2D eigenvalue weighted by Crippen LogP contribution is -2.47. The minimum absolute atomic E-state index is 0.00987. The maximum absolute atomic E-state index is 13.4. The van der Waals surface area contributed by atoms with Crippen molar-refractivity contribution < 1.29 is 32.3 Å². The van der Waals surface area contributed by atoms with Crippen molar-refractivity contribution >= 4 is 23.6 Å². The van der Waals surface area contributed by atoms with E-state index in [1.54, 1.807) is 6.92 Å². The molecule has 0 unspecified atom stereocenters. The lowest BCUT2D eigenvalue weighted by molar-refractivity contribution is -0.189. The first-order valence-electron chi connectivity index (χ1n) is 10.6. The van der Waals surface area contributed by atoms with Gasteiger partial charge in [0.2, 0.25) is 5.91 Å². The molecular weight excluding hydrogens is 469 g/mol. The molecule has 4 rings (SSSR count). The first-order valence-corrected chi connectivity index (χ1v) is 10.6. The van der Waals surface area contributed by atoms with Gasteiger partial charge in [0.15, 0.2) is 0 Å². The highest BCUT2D eigenvalue weighted by molar-refractivity contribution is 6.01. The predicted octanol–water partition coefficient (Wildman–Crippen LogP) is 3.03. The number of anilines is 1. The average Bonchev–Trinajstić information content (AvgIpc) is 3.53. The molecule has 1 aliphatic heterocycles. The number of carbonyl (C=O) groups excluding carboxylic acids is 3. The molecule has 2 aromatic rings. The molecule has 10 nitrogen and oxygen atoms in total. The molecule has 2 heterocycles. The summed E-state index contributed by atoms with van der Waals surface area (Å²) in [5, 5.41) is 18.5. The van der Waals surface area contributed by atoms with Gasteiger partial charge in [0, 0.05) is 12.1 Å². The zero-order chi connectivity index (χ0) is 25.5. The third-order valence-corrected chi connectivity index (χ3v) is 6.14. The van der Waals surface area contributed by atoms with Crippen molar-refractivity contribution in [2.45, 2.75) is 32.0 Å². The molecule has 0 radical (unpaired) electrons. The largest absolute Gasteiger partial charge is 0.453 e. The van der Waals surface area contributed by atoms with Crippen LogP contribution in [-0.4, -0.2) is 59.1 Å². The second-order valence-electron chi connectivity index (χ2n) is 8.47. The summed E-state index contributed by atoms with van der Waals surface area (Å²) < 4.78 is 46.3. The first kappa shape index (κ1) is 24.1. The van der Waals surface area contributed by atoms with Crippen LogP contribution in [-0.2, 0) is 9.53 Å². The van der Waals surface area contributed by atoms with Crippen LogP contribution in [0.2, 0.25) is 0 Å². The molecule has 35 heavy (non-hydrogen) atoms. The van der Waals surface area contributed by atoms with E-state index < -0.39 is 29.5 Å². The molecule has 1 aromatic carbocycles. The fourth-order valence-corrected chi connectivity index (χ4v) is 3.98. The average molecular weight is 490 g/mol. The maximum atomic E-state index is 13.4. The number of hydrogen-bond donors (Lipinski definition) is 2. The normalized spacial score (nSPS) is 18.3. The monoisotopic (exact) mass is 490 g/mol. The van der Waals surface area contributed by atoms with E-state index >= 15 is 0 Å². The Morgan fingerprint density at radius 1 is 1.31 bits per heavy atom. The van der Waals surface area contributed by atoms with Gasteiger partial charge in [0.25, 0.3) is 5.91 Å². The SMILES string of the molecule is COC(=O)NCN1C[C@H](C)n2nc(-c3ccc(C#N)cc3NC(=O)C3(C(F)(F)F)CC3)cc2C1=O. The minimum atomic E-state index is -4.69. The topological polar surface area (TPSA) is 129 Å². The number of amides is 3. The highest BCUT2D eigenvalue weighted by Crippen LogP contribution is 2.58. The lowest BCUT2D eigenvalue weighted by Gasteiger charge is -2.31. The zero-order valence-corrected chi connectivity index (χ0v) is 18.8. The summed E-state index contributed by atoms with van der Waals surface area (Å²) in [6.45, 7) is 1.95. The number of aromatic nitrogens is 2. The number of nitrogens with zero attached hydrogens (tertiary/aromatic N) is 4. The molecule has 3 amide bonds. The Hall–Kier alpha value is -4.08. The molecule has 2 aliphatic rings. The zero-order valence-electron chi connectivity index (χ0n) is 18.8. The smallest absolute Gasteiger partial charge is 0.408 e. The predicted molar refractivity (Wildman–Crippen MR) is 115 cm³/mol. The Bertz CT molecular complexity index is 1240. The van der Waals surface area contributed by atoms with Crippen molar-refractivity contribution in [3.8, 4) is 17.3 Å². The number of rotatable bonds is 5. The van der Waals surface area contributed by atoms with E-state index in [-0.39, 0.29) is 60.3 Å². The molecule has 1 aromatic heterocycles. The van der Waals surface area contributed by atoms with Crippen molar-refractivity contribution in [3.05, 3.63) is 35.5 Å². The molecule has 1 saturated carbocycles. The highest BCUT2D eigenvalue weighted by atomic mass is 19.4. The number of alkyl halides is 3. The fourth-order valence-electron chi connectivity index (χ4n) is 3.98. The molecule has 0 spiro atoms. The quantitative estimate of drug-likeness (QED) is 0.663. The highest BCUT2D eigenvalue weighted by Gasteiger charge is 2.68. The standard InChI is InChI=1S/C22H21F3N6O4/c1-12-10-30(11-27-20(34)35-2)18(32)17-8-16(29-31(12)17)14-4-3-13(9-26)7-15(14)28-19(33)21(5-6-21)22(23,24)25/h3-4,7-8,12H,5-6,10-11H2,1-2H3,(H,27,34)(H,28,33)/t12-/m0/s1. The van der Waals surface area contributed by atoms with Gasteiger partial charge in [-0.05, 0) is 44.0 Å². The van der Waals surface area contributed by atoms with Crippen LogP contribution in [0.25, 0.3) is 11.3 Å². The van der Waals surface area contributed by atoms with E-state index in [2.05, 4.69) is 20.5 Å². The molecule has 0 saturated heterocycles. The number of ether oxygens (including phenoxy) is 1. The number of benzene rings is 1. The van der Waals surface area contributed by atoms with E-state index in [1.165, 1.54) is 41.0 Å². The van der Waals surface area contributed by atoms with Crippen LogP contribution in [0.15, 0.2) is 24.3 Å². The maximum Gasteiger partial charge on any atom is 0.408 e. The van der Waals surface area contributed by atoms with Gasteiger partial charge < -0.3 is 20.3 Å². The number of nitriles is 1. The van der Waals surface area contributed by atoms with Gasteiger partial charge in [0.05, 0.1) is 42.8 Å². The Labute approximate surface area is 197 Å². The van der Waals surface area contributed by atoms with Gasteiger partial charge >= 0.3 is 12.3 Å². The molecule has 0 bridgehead atoms. The van der Waals surface area contributed by atoms with Crippen molar-refractivity contribution in [1.82, 2.24) is 20.0 Å². The van der Waals surface area contributed by atoms with Crippen molar-refractivity contribution in [1.29, 1.82) is 5.26 Å². The van der Waals surface area contributed by atoms with Crippen molar-refractivity contribution in [2.75, 3.05) is 25.6 Å². The second-order valence-corrected chi connectivity index (χ2v) is 8.47. The molecule has 1 fully saturated rings. The summed E-state index contributed by atoms with van der Waals surface area (Å²) in [6, 6.07) is 7.24. The number of carbonyl (C=O) groups is 3. The number of alkyl carbamates (subject to hydrolysis) is 1. The molecule has 1 atom stereocenters.